The molecule has 0 unspecified atom stereocenters. The van der Waals surface area contributed by atoms with Crippen molar-refractivity contribution < 1.29 is 14.3 Å². The van der Waals surface area contributed by atoms with Gasteiger partial charge in [-0.15, -0.1) is 0 Å². The zero-order valence-corrected chi connectivity index (χ0v) is 21.1. The summed E-state index contributed by atoms with van der Waals surface area (Å²) in [5.41, 5.74) is 2.81. The summed E-state index contributed by atoms with van der Waals surface area (Å²) >= 11 is 0. The molecule has 1 N–H and O–H groups in total. The topological polar surface area (TPSA) is 92.7 Å². The molecule has 1 fully saturated rings. The Morgan fingerprint density at radius 3 is 2.83 bits per heavy atom. The average Bonchev–Trinajstić information content (AvgIpc) is 2.88. The van der Waals surface area contributed by atoms with Crippen LogP contribution in [0, 0.1) is 0 Å². The quantitative estimate of drug-likeness (QED) is 0.528. The first kappa shape index (κ1) is 24.8. The Labute approximate surface area is 206 Å². The number of hydrogen-bond donors (Lipinski definition) is 1. The van der Waals surface area contributed by atoms with Crippen molar-refractivity contribution in [3.8, 4) is 11.3 Å². The molecule has 4 rings (SSSR count). The van der Waals surface area contributed by atoms with Crippen LogP contribution in [-0.4, -0.2) is 80.0 Å². The number of morpholine rings is 1. The second-order valence-corrected chi connectivity index (χ2v) is 8.78. The van der Waals surface area contributed by atoms with E-state index in [1.54, 1.807) is 20.2 Å². The van der Waals surface area contributed by atoms with Crippen LogP contribution in [0.1, 0.15) is 31.1 Å². The van der Waals surface area contributed by atoms with E-state index in [1.165, 1.54) is 0 Å². The molecule has 0 spiro atoms. The molecule has 3 heterocycles. The summed E-state index contributed by atoms with van der Waals surface area (Å²) in [6.45, 7) is 9.69. The maximum absolute atomic E-state index is 12.1. The highest BCUT2D eigenvalue weighted by Crippen LogP contribution is 2.31. The maximum Gasteiger partial charge on any atom is 0.251 e. The molecule has 1 amide bonds. The molecular formula is C26H34N6O3. The number of hydrogen-bond acceptors (Lipinski definition) is 8. The number of benzene rings is 1. The molecule has 0 bridgehead atoms. The molecule has 3 aromatic rings. The minimum atomic E-state index is -0.133. The summed E-state index contributed by atoms with van der Waals surface area (Å²) in [5.74, 6) is 1.36. The normalized spacial score (nSPS) is 16.8. The number of ether oxygens (including phenoxy) is 2. The van der Waals surface area contributed by atoms with Gasteiger partial charge in [-0.05, 0) is 45.0 Å². The smallest absolute Gasteiger partial charge is 0.251 e. The highest BCUT2D eigenvalue weighted by molar-refractivity contribution is 5.95. The van der Waals surface area contributed by atoms with E-state index in [-0.39, 0.29) is 18.0 Å². The fraction of sp³-hybridized carbons (Fsp3) is 0.462. The number of carbonyl (C=O) groups excluding carboxylic acids is 1. The number of methoxy groups -OCH3 is 1. The molecular weight excluding hydrogens is 444 g/mol. The molecule has 0 aliphatic carbocycles. The number of anilines is 2. The first-order chi connectivity index (χ1) is 17.0. The van der Waals surface area contributed by atoms with E-state index in [9.17, 15) is 4.79 Å². The third kappa shape index (κ3) is 5.21. The Hall–Kier alpha value is -3.30. The van der Waals surface area contributed by atoms with Crippen molar-refractivity contribution in [3.63, 3.8) is 0 Å². The number of pyridine rings is 1. The lowest BCUT2D eigenvalue weighted by atomic mass is 10.1. The molecule has 1 saturated heterocycles. The van der Waals surface area contributed by atoms with Gasteiger partial charge in [0.1, 0.15) is 5.82 Å². The minimum Gasteiger partial charge on any atom is -0.383 e. The van der Waals surface area contributed by atoms with Crippen LogP contribution in [0.4, 0.5) is 11.8 Å². The van der Waals surface area contributed by atoms with Crippen molar-refractivity contribution in [2.75, 3.05) is 56.9 Å². The number of nitrogens with zero attached hydrogens (tertiary/aromatic N) is 5. The number of aromatic nitrogens is 3. The predicted octanol–water partition coefficient (Wildman–Crippen LogP) is 3.14. The first-order valence-electron chi connectivity index (χ1n) is 12.1. The Bertz CT molecular complexity index is 1190. The molecule has 1 aliphatic heterocycles. The highest BCUT2D eigenvalue weighted by atomic mass is 16.5. The molecule has 186 valence electrons. The summed E-state index contributed by atoms with van der Waals surface area (Å²) in [5, 5.41) is 3.57. The average molecular weight is 479 g/mol. The number of rotatable bonds is 8. The van der Waals surface area contributed by atoms with Crippen LogP contribution in [0.3, 0.4) is 0 Å². The minimum absolute atomic E-state index is 0.102. The van der Waals surface area contributed by atoms with Gasteiger partial charge in [0, 0.05) is 38.4 Å². The summed E-state index contributed by atoms with van der Waals surface area (Å²) in [6.07, 6.45) is 0. The van der Waals surface area contributed by atoms with Gasteiger partial charge in [0.05, 0.1) is 43.0 Å². The van der Waals surface area contributed by atoms with E-state index in [4.69, 9.17) is 24.4 Å². The molecule has 35 heavy (non-hydrogen) atoms. The van der Waals surface area contributed by atoms with E-state index in [0.717, 1.165) is 35.6 Å². The molecule has 1 aromatic carbocycles. The Morgan fingerprint density at radius 1 is 1.29 bits per heavy atom. The van der Waals surface area contributed by atoms with Crippen molar-refractivity contribution in [1.29, 1.82) is 0 Å². The van der Waals surface area contributed by atoms with Gasteiger partial charge in [-0.3, -0.25) is 4.79 Å². The zero-order valence-electron chi connectivity index (χ0n) is 21.1. The number of fused-ring (bicyclic) bond motifs is 1. The second kappa shape index (κ2) is 11.0. The van der Waals surface area contributed by atoms with Gasteiger partial charge < -0.3 is 24.6 Å². The van der Waals surface area contributed by atoms with Gasteiger partial charge in [0.25, 0.3) is 5.91 Å². The fourth-order valence-corrected chi connectivity index (χ4v) is 4.48. The molecule has 2 atom stereocenters. The number of likely N-dealkylation sites (N-methyl/N-ethyl adjacent to an activating group) is 1. The lowest BCUT2D eigenvalue weighted by Crippen LogP contribution is -2.44. The number of amides is 1. The van der Waals surface area contributed by atoms with Crippen LogP contribution in [0.2, 0.25) is 0 Å². The van der Waals surface area contributed by atoms with Crippen LogP contribution in [0.25, 0.3) is 22.3 Å². The summed E-state index contributed by atoms with van der Waals surface area (Å²) in [6, 6.07) is 11.7. The molecule has 0 radical (unpaired) electrons. The van der Waals surface area contributed by atoms with Crippen molar-refractivity contribution in [1.82, 2.24) is 20.3 Å². The van der Waals surface area contributed by atoms with Crippen LogP contribution in [-0.2, 0) is 9.47 Å². The van der Waals surface area contributed by atoms with Gasteiger partial charge in [-0.1, -0.05) is 12.1 Å². The summed E-state index contributed by atoms with van der Waals surface area (Å²) < 4.78 is 11.1. The van der Waals surface area contributed by atoms with Crippen LogP contribution in [0.15, 0.2) is 36.4 Å². The zero-order chi connectivity index (χ0) is 24.9. The van der Waals surface area contributed by atoms with Gasteiger partial charge in [-0.25, -0.2) is 4.98 Å². The standard InChI is InChI=1S/C26H34N6O3/c1-6-31(17(2)15-34-5)26-29-23-21(24(30-26)32-12-13-35-16-18(32)3)10-11-22(28-23)19-8-7-9-20(14-19)25(33)27-4/h7-11,14,17-18H,6,12-13,15-16H2,1-5H3,(H,27,33)/t17-,18-/m1/s1. The predicted molar refractivity (Wildman–Crippen MR) is 138 cm³/mol. The van der Waals surface area contributed by atoms with E-state index in [2.05, 4.69) is 35.9 Å². The lowest BCUT2D eigenvalue weighted by Gasteiger charge is -2.36. The Kier molecular flexibility index (Phi) is 7.77. The van der Waals surface area contributed by atoms with Gasteiger partial charge in [0.2, 0.25) is 5.95 Å². The third-order valence-corrected chi connectivity index (χ3v) is 6.35. The first-order valence-corrected chi connectivity index (χ1v) is 12.1. The van der Waals surface area contributed by atoms with Crippen molar-refractivity contribution in [2.45, 2.75) is 32.9 Å². The molecule has 9 nitrogen and oxygen atoms in total. The van der Waals surface area contributed by atoms with Gasteiger partial charge in [0.15, 0.2) is 5.65 Å². The summed E-state index contributed by atoms with van der Waals surface area (Å²) in [4.78, 5) is 31.4. The van der Waals surface area contributed by atoms with Crippen LogP contribution < -0.4 is 15.1 Å². The Balaban J connectivity index is 1.86. The van der Waals surface area contributed by atoms with Gasteiger partial charge >= 0.3 is 0 Å². The van der Waals surface area contributed by atoms with E-state index in [1.807, 2.05) is 30.3 Å². The second-order valence-electron chi connectivity index (χ2n) is 8.78. The van der Waals surface area contributed by atoms with Crippen molar-refractivity contribution in [2.24, 2.45) is 0 Å². The van der Waals surface area contributed by atoms with E-state index >= 15 is 0 Å². The van der Waals surface area contributed by atoms with Gasteiger partial charge in [-0.2, -0.15) is 9.97 Å². The van der Waals surface area contributed by atoms with Crippen LogP contribution >= 0.6 is 0 Å². The molecule has 2 aromatic heterocycles. The maximum atomic E-state index is 12.1. The Morgan fingerprint density at radius 2 is 2.11 bits per heavy atom. The SMILES string of the molecule is CCN(c1nc(N2CCOC[C@H]2C)c2ccc(-c3cccc(C(=O)NC)c3)nc2n1)[C@H](C)COC. The molecule has 1 aliphatic rings. The highest BCUT2D eigenvalue weighted by Gasteiger charge is 2.26. The van der Waals surface area contributed by atoms with Crippen molar-refractivity contribution >= 4 is 28.7 Å². The largest absolute Gasteiger partial charge is 0.383 e. The fourth-order valence-electron chi connectivity index (χ4n) is 4.48. The van der Waals surface area contributed by atoms with Crippen molar-refractivity contribution in [3.05, 3.63) is 42.0 Å². The number of carbonyl (C=O) groups is 1. The molecule has 9 heteroatoms. The number of nitrogens with one attached hydrogen (secondary N) is 1. The lowest BCUT2D eigenvalue weighted by molar-refractivity contribution is 0.0963. The molecule has 0 saturated carbocycles. The van der Waals surface area contributed by atoms with E-state index < -0.39 is 0 Å². The van der Waals surface area contributed by atoms with E-state index in [0.29, 0.717) is 37.0 Å². The third-order valence-electron chi connectivity index (χ3n) is 6.35. The summed E-state index contributed by atoms with van der Waals surface area (Å²) in [7, 11) is 3.33. The van der Waals surface area contributed by atoms with Crippen LogP contribution in [0.5, 0.6) is 0 Å². The monoisotopic (exact) mass is 478 g/mol.